The lowest BCUT2D eigenvalue weighted by Crippen LogP contribution is -2.45. The highest BCUT2D eigenvalue weighted by Gasteiger charge is 2.30. The van der Waals surface area contributed by atoms with Gasteiger partial charge in [-0.2, -0.15) is 13.2 Å². The summed E-state index contributed by atoms with van der Waals surface area (Å²) in [6.07, 6.45) is -4.49. The fraction of sp³-hybridized carbons (Fsp3) is 0.222. The molecule has 0 aliphatic carbocycles. The highest BCUT2D eigenvalue weighted by molar-refractivity contribution is 7.80. The van der Waals surface area contributed by atoms with Gasteiger partial charge in [0.05, 0.1) is 19.8 Å². The molecule has 0 unspecified atom stereocenters. The monoisotopic (exact) mass is 429 g/mol. The fourth-order valence-electron chi connectivity index (χ4n) is 2.15. The Morgan fingerprint density at radius 1 is 1.03 bits per heavy atom. The van der Waals surface area contributed by atoms with Crippen molar-refractivity contribution < 1.29 is 32.2 Å². The Labute approximate surface area is 170 Å². The third-order valence-electron chi connectivity index (χ3n) is 3.49. The Morgan fingerprint density at radius 2 is 1.76 bits per heavy atom. The molecule has 0 spiro atoms. The third kappa shape index (κ3) is 6.71. The number of methoxy groups -OCH3 is 2. The molecule has 0 aliphatic rings. The topological polar surface area (TPSA) is 80.9 Å². The molecule has 0 aliphatic heterocycles. The number of ether oxygens (including phenoxy) is 3. The van der Waals surface area contributed by atoms with Crippen molar-refractivity contribution in [3.05, 3.63) is 48.0 Å². The molecule has 156 valence electrons. The molecular weight excluding hydrogens is 411 g/mol. The van der Waals surface area contributed by atoms with Crippen molar-refractivity contribution in [1.82, 2.24) is 10.9 Å². The van der Waals surface area contributed by atoms with Gasteiger partial charge in [-0.05, 0) is 42.5 Å². The standard InChI is InChI=1S/C18H18F3N3O4S/c1-26-14-7-6-12(9-15(14)27-2)22-17(29)24-23-16(25)10-28-13-5-3-4-11(8-13)18(19,20)21/h3-9H,10H2,1-2H3,(H,23,25)(H2,22,24,29). The van der Waals surface area contributed by atoms with E-state index in [-0.39, 0.29) is 10.9 Å². The van der Waals surface area contributed by atoms with Gasteiger partial charge in [0.1, 0.15) is 5.75 Å². The van der Waals surface area contributed by atoms with Crippen LogP contribution in [0.25, 0.3) is 0 Å². The number of benzene rings is 2. The molecule has 11 heteroatoms. The highest BCUT2D eigenvalue weighted by Crippen LogP contribution is 2.31. The van der Waals surface area contributed by atoms with Gasteiger partial charge in [-0.15, -0.1) is 0 Å². The minimum Gasteiger partial charge on any atom is -0.493 e. The summed E-state index contributed by atoms with van der Waals surface area (Å²) in [5.41, 5.74) is 4.44. The Balaban J connectivity index is 1.81. The average molecular weight is 429 g/mol. The van der Waals surface area contributed by atoms with Gasteiger partial charge in [-0.25, -0.2) is 0 Å². The van der Waals surface area contributed by atoms with E-state index in [0.29, 0.717) is 17.2 Å². The number of carbonyl (C=O) groups excluding carboxylic acids is 1. The van der Waals surface area contributed by atoms with Gasteiger partial charge in [-0.3, -0.25) is 15.6 Å². The number of rotatable bonds is 6. The number of alkyl halides is 3. The lowest BCUT2D eigenvalue weighted by Gasteiger charge is -2.14. The molecule has 2 aromatic carbocycles. The normalized spacial score (nSPS) is 10.7. The van der Waals surface area contributed by atoms with Crippen LogP contribution in [0.15, 0.2) is 42.5 Å². The molecule has 0 fully saturated rings. The summed E-state index contributed by atoms with van der Waals surface area (Å²) in [5, 5.41) is 2.90. The van der Waals surface area contributed by atoms with Gasteiger partial charge in [0.25, 0.3) is 5.91 Å². The predicted octanol–water partition coefficient (Wildman–Crippen LogP) is 3.12. The Kier molecular flexibility index (Phi) is 7.48. The second-order valence-corrected chi connectivity index (χ2v) is 5.92. The van der Waals surface area contributed by atoms with Crippen molar-refractivity contribution in [2.45, 2.75) is 6.18 Å². The number of hydrazine groups is 1. The molecule has 0 radical (unpaired) electrons. The maximum absolute atomic E-state index is 12.7. The van der Waals surface area contributed by atoms with E-state index in [1.165, 1.54) is 26.4 Å². The Morgan fingerprint density at radius 3 is 2.41 bits per heavy atom. The van der Waals surface area contributed by atoms with Crippen molar-refractivity contribution in [1.29, 1.82) is 0 Å². The van der Waals surface area contributed by atoms with Crippen LogP contribution in [0, 0.1) is 0 Å². The average Bonchev–Trinajstić information content (AvgIpc) is 2.70. The second kappa shape index (κ2) is 9.82. The SMILES string of the molecule is COc1ccc(NC(=S)NNC(=O)COc2cccc(C(F)(F)F)c2)cc1OC. The number of carbonyl (C=O) groups is 1. The van der Waals surface area contributed by atoms with Crippen LogP contribution >= 0.6 is 12.2 Å². The molecule has 0 saturated heterocycles. The summed E-state index contributed by atoms with van der Waals surface area (Å²) in [5.74, 6) is 0.302. The van der Waals surface area contributed by atoms with E-state index in [1.807, 2.05) is 0 Å². The Hall–Kier alpha value is -3.21. The van der Waals surface area contributed by atoms with Gasteiger partial charge in [0.2, 0.25) is 0 Å². The number of hydrogen-bond donors (Lipinski definition) is 3. The second-order valence-electron chi connectivity index (χ2n) is 5.51. The smallest absolute Gasteiger partial charge is 0.416 e. The van der Waals surface area contributed by atoms with Crippen LogP contribution in [0.4, 0.5) is 18.9 Å². The lowest BCUT2D eigenvalue weighted by molar-refractivity contribution is -0.137. The van der Waals surface area contributed by atoms with Crippen LogP contribution in [0.5, 0.6) is 17.2 Å². The van der Waals surface area contributed by atoms with Crippen LogP contribution in [0.1, 0.15) is 5.56 Å². The van der Waals surface area contributed by atoms with E-state index < -0.39 is 24.3 Å². The minimum atomic E-state index is -4.49. The third-order valence-corrected chi connectivity index (χ3v) is 3.69. The van der Waals surface area contributed by atoms with Gasteiger partial charge < -0.3 is 19.5 Å². The summed E-state index contributed by atoms with van der Waals surface area (Å²) in [7, 11) is 3.00. The first-order valence-electron chi connectivity index (χ1n) is 8.11. The van der Waals surface area contributed by atoms with Gasteiger partial charge >= 0.3 is 6.18 Å². The Bertz CT molecular complexity index is 878. The van der Waals surface area contributed by atoms with Crippen molar-refractivity contribution in [3.63, 3.8) is 0 Å². The number of anilines is 1. The minimum absolute atomic E-state index is 0.0737. The molecule has 2 rings (SSSR count). The fourth-order valence-corrected chi connectivity index (χ4v) is 2.32. The van der Waals surface area contributed by atoms with Gasteiger partial charge in [0, 0.05) is 11.8 Å². The summed E-state index contributed by atoms with van der Waals surface area (Å²) < 4.78 is 53.4. The first kappa shape index (κ1) is 22.1. The maximum Gasteiger partial charge on any atom is 0.416 e. The van der Waals surface area contributed by atoms with Crippen LogP contribution in [-0.2, 0) is 11.0 Å². The highest BCUT2D eigenvalue weighted by atomic mass is 32.1. The zero-order valence-electron chi connectivity index (χ0n) is 15.4. The number of thiocarbonyl (C=S) groups is 1. The van der Waals surface area contributed by atoms with E-state index in [9.17, 15) is 18.0 Å². The molecule has 29 heavy (non-hydrogen) atoms. The summed E-state index contributed by atoms with van der Waals surface area (Å²) >= 11 is 5.06. The van der Waals surface area contributed by atoms with E-state index in [0.717, 1.165) is 12.1 Å². The first-order chi connectivity index (χ1) is 13.7. The maximum atomic E-state index is 12.7. The zero-order chi connectivity index (χ0) is 21.4. The van der Waals surface area contributed by atoms with Crippen molar-refractivity contribution in [2.75, 3.05) is 26.1 Å². The van der Waals surface area contributed by atoms with E-state index in [1.54, 1.807) is 18.2 Å². The number of halogens is 3. The molecule has 0 atom stereocenters. The molecular formula is C18H18F3N3O4S. The quantitative estimate of drug-likeness (QED) is 0.481. The molecule has 3 N–H and O–H groups in total. The largest absolute Gasteiger partial charge is 0.493 e. The lowest BCUT2D eigenvalue weighted by atomic mass is 10.2. The number of amides is 1. The van der Waals surface area contributed by atoms with E-state index >= 15 is 0 Å². The number of hydrogen-bond acceptors (Lipinski definition) is 5. The van der Waals surface area contributed by atoms with Gasteiger partial charge in [-0.1, -0.05) is 6.07 Å². The van der Waals surface area contributed by atoms with Crippen molar-refractivity contribution >= 4 is 28.9 Å². The zero-order valence-corrected chi connectivity index (χ0v) is 16.2. The van der Waals surface area contributed by atoms with Gasteiger partial charge in [0.15, 0.2) is 23.2 Å². The van der Waals surface area contributed by atoms with Crippen molar-refractivity contribution in [2.24, 2.45) is 0 Å². The molecule has 0 bridgehead atoms. The molecule has 0 aromatic heterocycles. The van der Waals surface area contributed by atoms with Crippen LogP contribution in [0.2, 0.25) is 0 Å². The van der Waals surface area contributed by atoms with Crippen LogP contribution < -0.4 is 30.4 Å². The van der Waals surface area contributed by atoms with Crippen LogP contribution in [-0.4, -0.2) is 31.8 Å². The number of nitrogens with one attached hydrogen (secondary N) is 3. The summed E-state index contributed by atoms with van der Waals surface area (Å²) in [6.45, 7) is -0.507. The van der Waals surface area contributed by atoms with Crippen molar-refractivity contribution in [3.8, 4) is 17.2 Å². The molecule has 1 amide bonds. The predicted molar refractivity (Wildman–Crippen MR) is 104 cm³/mol. The van der Waals surface area contributed by atoms with E-state index in [2.05, 4.69) is 16.2 Å². The summed E-state index contributed by atoms with van der Waals surface area (Å²) in [6, 6.07) is 9.23. The van der Waals surface area contributed by atoms with E-state index in [4.69, 9.17) is 26.4 Å². The first-order valence-corrected chi connectivity index (χ1v) is 8.51. The molecule has 2 aromatic rings. The van der Waals surface area contributed by atoms with Crippen LogP contribution in [0.3, 0.4) is 0 Å². The molecule has 0 saturated carbocycles. The summed E-state index contributed by atoms with van der Waals surface area (Å²) in [4.78, 5) is 11.8. The molecule has 7 nitrogen and oxygen atoms in total. The molecule has 0 heterocycles.